The number of hydrogen-bond acceptors (Lipinski definition) is 4. The number of hydrogen-bond donors (Lipinski definition) is 2. The number of aromatic hydroxyl groups is 1. The first kappa shape index (κ1) is 14.2. The fourth-order valence-electron chi connectivity index (χ4n) is 2.71. The Kier molecular flexibility index (Phi) is 4.66. The first-order chi connectivity index (χ1) is 9.13. The van der Waals surface area contributed by atoms with Gasteiger partial charge < -0.3 is 15.6 Å². The Morgan fingerprint density at radius 3 is 2.89 bits per heavy atom. The van der Waals surface area contributed by atoms with Crippen LogP contribution in [0, 0.1) is 5.92 Å². The summed E-state index contributed by atoms with van der Waals surface area (Å²) in [4.78, 5) is 2.40. The molecule has 0 bridgehead atoms. The van der Waals surface area contributed by atoms with Gasteiger partial charge in [-0.2, -0.15) is 0 Å². The second-order valence-electron chi connectivity index (χ2n) is 5.45. The molecular formula is C15H24N2O2. The van der Waals surface area contributed by atoms with Crippen LogP contribution in [0.3, 0.4) is 0 Å². The second-order valence-corrected chi connectivity index (χ2v) is 5.45. The first-order valence-electron chi connectivity index (χ1n) is 6.94. The zero-order valence-corrected chi connectivity index (χ0v) is 11.8. The van der Waals surface area contributed by atoms with Gasteiger partial charge in [-0.25, -0.2) is 0 Å². The van der Waals surface area contributed by atoms with E-state index in [2.05, 4.69) is 11.8 Å². The minimum absolute atomic E-state index is 0.336. The SMILES string of the molecule is COc1ccc(O)c(CN2CC(CN)CCC2C)c1. The summed E-state index contributed by atoms with van der Waals surface area (Å²) in [6.45, 7) is 4.74. The van der Waals surface area contributed by atoms with E-state index in [9.17, 15) is 5.11 Å². The standard InChI is InChI=1S/C15H24N2O2/c1-11-3-4-12(8-16)9-17(11)10-13-7-14(19-2)5-6-15(13)18/h5-7,11-12,18H,3-4,8-10,16H2,1-2H3. The van der Waals surface area contributed by atoms with Crippen molar-refractivity contribution in [1.82, 2.24) is 4.90 Å². The van der Waals surface area contributed by atoms with Crippen molar-refractivity contribution in [3.05, 3.63) is 23.8 Å². The second kappa shape index (κ2) is 6.26. The first-order valence-corrected chi connectivity index (χ1v) is 6.94. The van der Waals surface area contributed by atoms with Crippen LogP contribution in [0.2, 0.25) is 0 Å². The van der Waals surface area contributed by atoms with E-state index in [-0.39, 0.29) is 0 Å². The third-order valence-electron chi connectivity index (χ3n) is 4.10. The number of methoxy groups -OCH3 is 1. The van der Waals surface area contributed by atoms with Crippen LogP contribution < -0.4 is 10.5 Å². The third kappa shape index (κ3) is 3.39. The van der Waals surface area contributed by atoms with Gasteiger partial charge in [0.2, 0.25) is 0 Å². The molecule has 106 valence electrons. The molecule has 0 aromatic heterocycles. The van der Waals surface area contributed by atoms with E-state index in [4.69, 9.17) is 10.5 Å². The third-order valence-corrected chi connectivity index (χ3v) is 4.10. The summed E-state index contributed by atoms with van der Waals surface area (Å²) in [7, 11) is 1.64. The van der Waals surface area contributed by atoms with Gasteiger partial charge in [-0.1, -0.05) is 0 Å². The van der Waals surface area contributed by atoms with Crippen molar-refractivity contribution < 1.29 is 9.84 Å². The molecule has 0 aliphatic carbocycles. The summed E-state index contributed by atoms with van der Waals surface area (Å²) in [6, 6.07) is 5.92. The van der Waals surface area contributed by atoms with E-state index in [1.54, 1.807) is 19.2 Å². The molecule has 0 radical (unpaired) electrons. The van der Waals surface area contributed by atoms with Gasteiger partial charge in [0.25, 0.3) is 0 Å². The minimum Gasteiger partial charge on any atom is -0.508 e. The fraction of sp³-hybridized carbons (Fsp3) is 0.600. The number of nitrogens with zero attached hydrogens (tertiary/aromatic N) is 1. The highest BCUT2D eigenvalue weighted by Gasteiger charge is 2.25. The lowest BCUT2D eigenvalue weighted by Gasteiger charge is -2.37. The number of likely N-dealkylation sites (tertiary alicyclic amines) is 1. The Morgan fingerprint density at radius 2 is 2.21 bits per heavy atom. The lowest BCUT2D eigenvalue weighted by atomic mass is 9.93. The molecule has 1 fully saturated rings. The molecule has 19 heavy (non-hydrogen) atoms. The normalized spacial score (nSPS) is 24.4. The number of benzene rings is 1. The number of ether oxygens (including phenoxy) is 1. The predicted octanol–water partition coefficient (Wildman–Crippen LogP) is 1.96. The van der Waals surface area contributed by atoms with Gasteiger partial charge >= 0.3 is 0 Å². The molecule has 0 amide bonds. The predicted molar refractivity (Wildman–Crippen MR) is 76.3 cm³/mol. The average Bonchev–Trinajstić information content (AvgIpc) is 2.43. The summed E-state index contributed by atoms with van der Waals surface area (Å²) in [5, 5.41) is 9.96. The number of rotatable bonds is 4. The fourth-order valence-corrected chi connectivity index (χ4v) is 2.71. The Labute approximate surface area is 115 Å². The zero-order valence-electron chi connectivity index (χ0n) is 11.8. The van der Waals surface area contributed by atoms with Crippen LogP contribution in [0.1, 0.15) is 25.3 Å². The number of piperidine rings is 1. The Balaban J connectivity index is 2.10. The highest BCUT2D eigenvalue weighted by Crippen LogP contribution is 2.28. The van der Waals surface area contributed by atoms with Crippen molar-refractivity contribution in [2.45, 2.75) is 32.4 Å². The smallest absolute Gasteiger partial charge is 0.120 e. The zero-order chi connectivity index (χ0) is 13.8. The topological polar surface area (TPSA) is 58.7 Å². The van der Waals surface area contributed by atoms with Crippen molar-refractivity contribution in [3.8, 4) is 11.5 Å². The lowest BCUT2D eigenvalue weighted by Crippen LogP contribution is -2.43. The van der Waals surface area contributed by atoms with Gasteiger partial charge in [0, 0.05) is 24.7 Å². The Morgan fingerprint density at radius 1 is 1.42 bits per heavy atom. The number of nitrogens with two attached hydrogens (primary N) is 1. The van der Waals surface area contributed by atoms with Crippen LogP contribution in [0.15, 0.2) is 18.2 Å². The number of phenols is 1. The molecule has 2 atom stereocenters. The van der Waals surface area contributed by atoms with Gasteiger partial charge in [-0.05, 0) is 50.4 Å². The summed E-state index contributed by atoms with van der Waals surface area (Å²) in [6.07, 6.45) is 2.38. The molecule has 1 heterocycles. The molecule has 1 aromatic carbocycles. The van der Waals surface area contributed by atoms with Gasteiger partial charge in [-0.15, -0.1) is 0 Å². The molecule has 1 aliphatic heterocycles. The van der Waals surface area contributed by atoms with Gasteiger partial charge in [0.05, 0.1) is 7.11 Å². The molecule has 4 nitrogen and oxygen atoms in total. The highest BCUT2D eigenvalue weighted by molar-refractivity contribution is 5.39. The van der Waals surface area contributed by atoms with Crippen molar-refractivity contribution in [2.75, 3.05) is 20.2 Å². The molecule has 2 rings (SSSR count). The van der Waals surface area contributed by atoms with Gasteiger partial charge in [-0.3, -0.25) is 4.90 Å². The molecule has 3 N–H and O–H groups in total. The van der Waals surface area contributed by atoms with Crippen LogP contribution in [-0.4, -0.2) is 36.2 Å². The monoisotopic (exact) mass is 264 g/mol. The summed E-state index contributed by atoms with van der Waals surface area (Å²) in [5.74, 6) is 1.69. The van der Waals surface area contributed by atoms with E-state index >= 15 is 0 Å². The molecule has 4 heteroatoms. The molecule has 1 aliphatic rings. The van der Waals surface area contributed by atoms with E-state index in [0.29, 0.717) is 17.7 Å². The summed E-state index contributed by atoms with van der Waals surface area (Å²) < 4.78 is 5.22. The largest absolute Gasteiger partial charge is 0.508 e. The van der Waals surface area contributed by atoms with E-state index in [1.165, 1.54) is 12.8 Å². The van der Waals surface area contributed by atoms with Gasteiger partial charge in [0.15, 0.2) is 0 Å². The van der Waals surface area contributed by atoms with Crippen LogP contribution in [0.25, 0.3) is 0 Å². The summed E-state index contributed by atoms with van der Waals surface area (Å²) >= 11 is 0. The van der Waals surface area contributed by atoms with Crippen LogP contribution in [-0.2, 0) is 6.54 Å². The van der Waals surface area contributed by atoms with Crippen LogP contribution >= 0.6 is 0 Å². The van der Waals surface area contributed by atoms with Crippen molar-refractivity contribution >= 4 is 0 Å². The van der Waals surface area contributed by atoms with E-state index < -0.39 is 0 Å². The molecule has 2 unspecified atom stereocenters. The van der Waals surface area contributed by atoms with E-state index in [1.807, 2.05) is 6.07 Å². The lowest BCUT2D eigenvalue weighted by molar-refractivity contribution is 0.112. The maximum Gasteiger partial charge on any atom is 0.120 e. The minimum atomic E-state index is 0.336. The average molecular weight is 264 g/mol. The highest BCUT2D eigenvalue weighted by atomic mass is 16.5. The Hall–Kier alpha value is -1.26. The summed E-state index contributed by atoms with van der Waals surface area (Å²) in [5.41, 5.74) is 6.70. The molecular weight excluding hydrogens is 240 g/mol. The van der Waals surface area contributed by atoms with Gasteiger partial charge in [0.1, 0.15) is 11.5 Å². The molecule has 0 spiro atoms. The van der Waals surface area contributed by atoms with Crippen molar-refractivity contribution in [1.29, 1.82) is 0 Å². The molecule has 1 saturated heterocycles. The van der Waals surface area contributed by atoms with E-state index in [0.717, 1.165) is 30.9 Å². The Bertz CT molecular complexity index is 423. The molecule has 0 saturated carbocycles. The van der Waals surface area contributed by atoms with Crippen LogP contribution in [0.5, 0.6) is 11.5 Å². The van der Waals surface area contributed by atoms with Crippen molar-refractivity contribution in [2.24, 2.45) is 11.7 Å². The van der Waals surface area contributed by atoms with Crippen LogP contribution in [0.4, 0.5) is 0 Å². The maximum atomic E-state index is 9.96. The maximum absolute atomic E-state index is 9.96. The quantitative estimate of drug-likeness (QED) is 0.873. The number of phenolic OH excluding ortho intramolecular Hbond substituents is 1. The molecule has 1 aromatic rings. The van der Waals surface area contributed by atoms with Crippen molar-refractivity contribution in [3.63, 3.8) is 0 Å².